The number of hydrogen-bond acceptors (Lipinski definition) is 3. The first-order valence-electron chi connectivity index (χ1n) is 6.26. The first-order valence-corrected chi connectivity index (χ1v) is 7.75. The zero-order valence-electron chi connectivity index (χ0n) is 10.5. The van der Waals surface area contributed by atoms with Crippen LogP contribution in [0, 0.1) is 0 Å². The van der Waals surface area contributed by atoms with Crippen molar-refractivity contribution >= 4 is 10.8 Å². The molecule has 19 heavy (non-hydrogen) atoms. The molecule has 0 spiro atoms. The molecular weight excluding hydrogens is 272 g/mol. The van der Waals surface area contributed by atoms with Crippen LogP contribution in [0.5, 0.6) is 5.75 Å². The van der Waals surface area contributed by atoms with E-state index in [0.717, 1.165) is 18.4 Å². The highest BCUT2D eigenvalue weighted by Crippen LogP contribution is 2.20. The van der Waals surface area contributed by atoms with Crippen LogP contribution in [0.2, 0.25) is 0 Å². The Hall–Kier alpha value is -1.01. The van der Waals surface area contributed by atoms with Gasteiger partial charge < -0.3 is 10.1 Å². The maximum absolute atomic E-state index is 12.3. The van der Waals surface area contributed by atoms with Gasteiger partial charge in [-0.3, -0.25) is 4.21 Å². The van der Waals surface area contributed by atoms with Gasteiger partial charge in [0, 0.05) is 40.5 Å². The molecule has 2 rings (SSSR count). The van der Waals surface area contributed by atoms with Gasteiger partial charge in [0.15, 0.2) is 0 Å². The van der Waals surface area contributed by atoms with Gasteiger partial charge in [-0.05, 0) is 18.9 Å². The Morgan fingerprint density at radius 2 is 2.00 bits per heavy atom. The molecule has 1 aliphatic rings. The smallest absolute Gasteiger partial charge is 0.387 e. The minimum atomic E-state index is -2.81. The second-order valence-electron chi connectivity index (χ2n) is 4.49. The van der Waals surface area contributed by atoms with Crippen LogP contribution < -0.4 is 10.1 Å². The summed E-state index contributed by atoms with van der Waals surface area (Å²) in [6.45, 7) is -2.32. The van der Waals surface area contributed by atoms with Crippen LogP contribution in [0.3, 0.4) is 0 Å². The summed E-state index contributed by atoms with van der Waals surface area (Å²) >= 11 is 0. The average molecular weight is 289 g/mol. The van der Waals surface area contributed by atoms with Gasteiger partial charge in [-0.1, -0.05) is 18.2 Å². The van der Waals surface area contributed by atoms with E-state index in [1.807, 2.05) is 0 Å². The lowest BCUT2D eigenvalue weighted by Crippen LogP contribution is -2.35. The van der Waals surface area contributed by atoms with Gasteiger partial charge in [0.2, 0.25) is 0 Å². The summed E-state index contributed by atoms with van der Waals surface area (Å²) in [5.41, 5.74) is 0.717. The largest absolute Gasteiger partial charge is 0.434 e. The van der Waals surface area contributed by atoms with Crippen molar-refractivity contribution in [3.63, 3.8) is 0 Å². The van der Waals surface area contributed by atoms with Gasteiger partial charge in [-0.25, -0.2) is 0 Å². The van der Waals surface area contributed by atoms with E-state index in [9.17, 15) is 13.0 Å². The predicted molar refractivity (Wildman–Crippen MR) is 70.8 cm³/mol. The molecule has 1 fully saturated rings. The zero-order chi connectivity index (χ0) is 13.7. The predicted octanol–water partition coefficient (Wildman–Crippen LogP) is 2.29. The molecule has 1 saturated heterocycles. The molecule has 0 saturated carbocycles. The Bertz CT molecular complexity index is 432. The van der Waals surface area contributed by atoms with E-state index in [0.29, 0.717) is 24.1 Å². The summed E-state index contributed by atoms with van der Waals surface area (Å²) in [7, 11) is -0.685. The van der Waals surface area contributed by atoms with Crippen molar-refractivity contribution in [3.05, 3.63) is 29.8 Å². The van der Waals surface area contributed by atoms with E-state index in [1.165, 1.54) is 0 Å². The molecule has 0 aromatic heterocycles. The standard InChI is InChI=1S/C13H17F2NO2S/c14-13(15)18-12-4-2-1-3-10(12)9-16-11-5-7-19(17)8-6-11/h1-4,11,13,16H,5-9H2. The highest BCUT2D eigenvalue weighted by Gasteiger charge is 2.18. The maximum atomic E-state index is 12.3. The molecule has 0 atom stereocenters. The number of alkyl halides is 2. The van der Waals surface area contributed by atoms with Gasteiger partial charge >= 0.3 is 6.61 Å². The summed E-state index contributed by atoms with van der Waals surface area (Å²) in [5.74, 6) is 1.64. The van der Waals surface area contributed by atoms with Gasteiger partial charge in [0.05, 0.1) is 0 Å². The van der Waals surface area contributed by atoms with Crippen LogP contribution in [-0.2, 0) is 17.3 Å². The van der Waals surface area contributed by atoms with Crippen LogP contribution >= 0.6 is 0 Å². The van der Waals surface area contributed by atoms with Crippen LogP contribution in [0.1, 0.15) is 18.4 Å². The number of ether oxygens (including phenoxy) is 1. The average Bonchev–Trinajstić information content (AvgIpc) is 2.39. The fraction of sp³-hybridized carbons (Fsp3) is 0.538. The topological polar surface area (TPSA) is 38.3 Å². The van der Waals surface area contributed by atoms with Gasteiger partial charge in [-0.2, -0.15) is 8.78 Å². The molecule has 1 aliphatic heterocycles. The van der Waals surface area contributed by atoms with Crippen LogP contribution in [-0.4, -0.2) is 28.4 Å². The molecule has 0 radical (unpaired) electrons. The number of benzene rings is 1. The van der Waals surface area contributed by atoms with Crippen molar-refractivity contribution in [1.82, 2.24) is 5.32 Å². The summed E-state index contributed by atoms with van der Waals surface area (Å²) in [4.78, 5) is 0. The van der Waals surface area contributed by atoms with Crippen molar-refractivity contribution < 1.29 is 17.7 Å². The van der Waals surface area contributed by atoms with E-state index >= 15 is 0 Å². The fourth-order valence-electron chi connectivity index (χ4n) is 2.11. The van der Waals surface area contributed by atoms with Crippen molar-refractivity contribution in [3.8, 4) is 5.75 Å². The van der Waals surface area contributed by atoms with E-state index in [-0.39, 0.29) is 5.75 Å². The SMILES string of the molecule is O=S1CCC(NCc2ccccc2OC(F)F)CC1. The lowest BCUT2D eigenvalue weighted by molar-refractivity contribution is -0.0505. The number of halogens is 2. The van der Waals surface area contributed by atoms with E-state index in [4.69, 9.17) is 0 Å². The first-order chi connectivity index (χ1) is 9.15. The highest BCUT2D eigenvalue weighted by atomic mass is 32.2. The zero-order valence-corrected chi connectivity index (χ0v) is 11.3. The van der Waals surface area contributed by atoms with E-state index in [1.54, 1.807) is 24.3 Å². The van der Waals surface area contributed by atoms with Crippen molar-refractivity contribution in [1.29, 1.82) is 0 Å². The Morgan fingerprint density at radius 1 is 1.32 bits per heavy atom. The maximum Gasteiger partial charge on any atom is 0.387 e. The third-order valence-electron chi connectivity index (χ3n) is 3.16. The molecule has 0 aliphatic carbocycles. The molecule has 0 amide bonds. The number of hydrogen-bond donors (Lipinski definition) is 1. The summed E-state index contributed by atoms with van der Waals surface area (Å²) in [6, 6.07) is 7.08. The lowest BCUT2D eigenvalue weighted by Gasteiger charge is -2.23. The highest BCUT2D eigenvalue weighted by molar-refractivity contribution is 7.85. The van der Waals surface area contributed by atoms with E-state index < -0.39 is 17.4 Å². The molecule has 1 aromatic carbocycles. The van der Waals surface area contributed by atoms with Crippen molar-refractivity contribution in [2.24, 2.45) is 0 Å². The summed E-state index contributed by atoms with van der Waals surface area (Å²) in [6.07, 6.45) is 1.73. The molecule has 6 heteroatoms. The lowest BCUT2D eigenvalue weighted by atomic mass is 10.1. The molecule has 106 valence electrons. The molecule has 1 heterocycles. The molecule has 1 N–H and O–H groups in total. The third kappa shape index (κ3) is 4.54. The first kappa shape index (κ1) is 14.4. The van der Waals surface area contributed by atoms with Gasteiger partial charge in [0.1, 0.15) is 5.75 Å². The Labute approximate surface area is 113 Å². The second-order valence-corrected chi connectivity index (χ2v) is 6.19. The van der Waals surface area contributed by atoms with E-state index in [2.05, 4.69) is 10.1 Å². The molecular formula is C13H17F2NO2S. The summed E-state index contributed by atoms with van der Waals surface area (Å²) < 4.78 is 40.2. The Kier molecular flexibility index (Phi) is 5.27. The van der Waals surface area contributed by atoms with Crippen LogP contribution in [0.25, 0.3) is 0 Å². The second kappa shape index (κ2) is 6.96. The van der Waals surface area contributed by atoms with Crippen LogP contribution in [0.4, 0.5) is 8.78 Å². The minimum Gasteiger partial charge on any atom is -0.434 e. The molecule has 0 bridgehead atoms. The third-order valence-corrected chi connectivity index (χ3v) is 4.54. The quantitative estimate of drug-likeness (QED) is 0.904. The fourth-order valence-corrected chi connectivity index (χ4v) is 3.41. The van der Waals surface area contributed by atoms with Crippen LogP contribution in [0.15, 0.2) is 24.3 Å². The normalized spacial score (nSPS) is 23.5. The molecule has 0 unspecified atom stereocenters. The number of para-hydroxylation sites is 1. The van der Waals surface area contributed by atoms with Crippen molar-refractivity contribution in [2.75, 3.05) is 11.5 Å². The summed E-state index contributed by atoms with van der Waals surface area (Å²) in [5, 5.41) is 3.31. The van der Waals surface area contributed by atoms with Gasteiger partial charge in [-0.15, -0.1) is 0 Å². The van der Waals surface area contributed by atoms with Crippen molar-refractivity contribution in [2.45, 2.75) is 32.0 Å². The van der Waals surface area contributed by atoms with Gasteiger partial charge in [0.25, 0.3) is 0 Å². The molecule has 3 nitrogen and oxygen atoms in total. The number of nitrogens with one attached hydrogen (secondary N) is 1. The Morgan fingerprint density at radius 3 is 2.68 bits per heavy atom. The Balaban J connectivity index is 1.90. The monoisotopic (exact) mass is 289 g/mol. The molecule has 1 aromatic rings. The number of rotatable bonds is 5. The minimum absolute atomic E-state index is 0.212.